The van der Waals surface area contributed by atoms with Crippen LogP contribution >= 0.6 is 0 Å². The number of carboxylic acids is 1. The maximum atomic E-state index is 11.8. The van der Waals surface area contributed by atoms with Crippen LogP contribution in [0.5, 0.6) is 0 Å². The Morgan fingerprint density at radius 1 is 0.887 bits per heavy atom. The first-order valence-corrected chi connectivity index (χ1v) is 20.0. The van der Waals surface area contributed by atoms with Crippen molar-refractivity contribution in [3.8, 4) is 0 Å². The summed E-state index contributed by atoms with van der Waals surface area (Å²) >= 11 is 0. The number of para-hydroxylation sites is 2. The van der Waals surface area contributed by atoms with Crippen molar-refractivity contribution >= 4 is 38.7 Å². The average Bonchev–Trinajstić information content (AvgIpc) is 3.46. The van der Waals surface area contributed by atoms with Crippen molar-refractivity contribution in [3.05, 3.63) is 136 Å². The van der Waals surface area contributed by atoms with E-state index in [0.29, 0.717) is 6.54 Å². The van der Waals surface area contributed by atoms with E-state index in [4.69, 9.17) is 0 Å². The first kappa shape index (κ1) is 40.7. The molecule has 0 spiro atoms. The number of carboxylic acid groups (broad SMARTS) is 1. The van der Waals surface area contributed by atoms with Gasteiger partial charge in [0.2, 0.25) is 5.69 Å². The maximum Gasteiger partial charge on any atom is 1.00 e. The van der Waals surface area contributed by atoms with Crippen molar-refractivity contribution in [1.29, 1.82) is 0 Å². The minimum Gasteiger partial charge on any atom is -0.748 e. The fourth-order valence-electron chi connectivity index (χ4n) is 8.25. The van der Waals surface area contributed by atoms with Gasteiger partial charge in [0.05, 0.1) is 21.1 Å². The molecule has 0 fully saturated rings. The Balaban J connectivity index is 0.00000541. The Kier molecular flexibility index (Phi) is 12.6. The maximum absolute atomic E-state index is 11.8. The van der Waals surface area contributed by atoms with Crippen LogP contribution in [0.4, 0.5) is 11.4 Å². The van der Waals surface area contributed by atoms with E-state index in [0.717, 1.165) is 72.3 Å². The second-order valence-corrected chi connectivity index (χ2v) is 16.7. The van der Waals surface area contributed by atoms with Crippen molar-refractivity contribution in [2.24, 2.45) is 0 Å². The Bertz CT molecular complexity index is 2140. The molecular formula is C44H50N2NaO5S+. The van der Waals surface area contributed by atoms with E-state index in [1.807, 2.05) is 24.3 Å². The van der Waals surface area contributed by atoms with Crippen LogP contribution in [0, 0.1) is 0 Å². The number of aromatic carboxylic acids is 1. The minimum atomic E-state index is -4.33. The van der Waals surface area contributed by atoms with Crippen LogP contribution < -0.4 is 34.5 Å². The molecule has 3 aliphatic rings. The van der Waals surface area contributed by atoms with Gasteiger partial charge in [-0.25, -0.2) is 13.2 Å². The second kappa shape index (κ2) is 16.5. The fourth-order valence-corrected chi connectivity index (χ4v) is 8.73. The summed E-state index contributed by atoms with van der Waals surface area (Å²) in [6.07, 6.45) is 14.1. The van der Waals surface area contributed by atoms with E-state index in [2.05, 4.69) is 105 Å². The topological polar surface area (TPSA) is 101 Å². The molecule has 3 aromatic carbocycles. The summed E-state index contributed by atoms with van der Waals surface area (Å²) in [5, 5.41) is 9.66. The van der Waals surface area contributed by atoms with Crippen LogP contribution in [-0.4, -0.2) is 53.2 Å². The smallest absolute Gasteiger partial charge is 0.748 e. The molecule has 0 saturated carbocycles. The Morgan fingerprint density at radius 2 is 1.57 bits per heavy atom. The summed E-state index contributed by atoms with van der Waals surface area (Å²) in [4.78, 5) is 14.3. The molecule has 0 radical (unpaired) electrons. The van der Waals surface area contributed by atoms with Crippen molar-refractivity contribution in [2.45, 2.75) is 84.0 Å². The van der Waals surface area contributed by atoms with Crippen LogP contribution in [0.2, 0.25) is 0 Å². The van der Waals surface area contributed by atoms with Crippen LogP contribution in [0.1, 0.15) is 100 Å². The molecule has 53 heavy (non-hydrogen) atoms. The van der Waals surface area contributed by atoms with Gasteiger partial charge in [-0.2, -0.15) is 4.58 Å². The zero-order valence-corrected chi connectivity index (χ0v) is 34.8. The molecule has 0 aromatic heterocycles. The fraction of sp³-hybridized carbons (Fsp3) is 0.364. The standard InChI is InChI=1S/C44H50N2O5S.Na/c1-6-7-28-45-37-18-10-8-16-35(37)43(2,3)39(45)26-24-31-14-12-15-32(41(31)33-20-22-34(23-21-33)42(47)48)25-27-40-44(4,5)36-17-9-11-19-38(36)46(40)29-13-30-52(49,50)51;/h8-11,16-27H,6-7,12-15,28-30H2,1-5H3,(H-,47,48,49,50,51);/q;+1. The third-order valence-electron chi connectivity index (χ3n) is 10.9. The van der Waals surface area contributed by atoms with Crippen molar-refractivity contribution in [2.75, 3.05) is 23.7 Å². The van der Waals surface area contributed by atoms with Gasteiger partial charge in [-0.15, -0.1) is 0 Å². The molecule has 6 rings (SSSR count). The number of allylic oxidation sites excluding steroid dienone is 8. The van der Waals surface area contributed by atoms with Gasteiger partial charge >= 0.3 is 35.5 Å². The van der Waals surface area contributed by atoms with Crippen LogP contribution in [0.3, 0.4) is 0 Å². The number of rotatable bonds is 12. The molecule has 0 unspecified atom stereocenters. The summed E-state index contributed by atoms with van der Waals surface area (Å²) in [6.45, 7) is 12.6. The molecule has 2 aliphatic heterocycles. The number of benzene rings is 3. The van der Waals surface area contributed by atoms with Gasteiger partial charge in [-0.1, -0.05) is 87.9 Å². The molecule has 0 bridgehead atoms. The third kappa shape index (κ3) is 8.42. The van der Waals surface area contributed by atoms with E-state index >= 15 is 0 Å². The molecule has 272 valence electrons. The zero-order valence-electron chi connectivity index (χ0n) is 32.0. The molecule has 7 nitrogen and oxygen atoms in total. The van der Waals surface area contributed by atoms with E-state index in [1.54, 1.807) is 12.1 Å². The first-order valence-electron chi connectivity index (χ1n) is 18.5. The predicted molar refractivity (Wildman–Crippen MR) is 210 cm³/mol. The van der Waals surface area contributed by atoms with Crippen molar-refractivity contribution in [3.63, 3.8) is 0 Å². The Hall–Kier alpha value is -3.53. The summed E-state index contributed by atoms with van der Waals surface area (Å²) in [5.74, 6) is -1.36. The van der Waals surface area contributed by atoms with Crippen molar-refractivity contribution in [1.82, 2.24) is 0 Å². The quantitative estimate of drug-likeness (QED) is 0.133. The Labute approximate surface area is 337 Å². The summed E-state index contributed by atoms with van der Waals surface area (Å²) in [7, 11) is -4.33. The van der Waals surface area contributed by atoms with E-state index in [1.165, 1.54) is 22.5 Å². The van der Waals surface area contributed by atoms with Gasteiger partial charge in [-0.05, 0) is 91.7 Å². The average molecular weight is 742 g/mol. The first-order chi connectivity index (χ1) is 24.7. The summed E-state index contributed by atoms with van der Waals surface area (Å²) in [6, 6.07) is 24.1. The van der Waals surface area contributed by atoms with Crippen molar-refractivity contribution < 1.29 is 57.0 Å². The normalized spacial score (nSPS) is 19.2. The van der Waals surface area contributed by atoms with E-state index < -0.39 is 21.8 Å². The second-order valence-electron chi connectivity index (χ2n) is 15.2. The Morgan fingerprint density at radius 3 is 2.25 bits per heavy atom. The zero-order chi connectivity index (χ0) is 37.3. The third-order valence-corrected chi connectivity index (χ3v) is 11.7. The van der Waals surface area contributed by atoms with E-state index in [9.17, 15) is 22.9 Å². The number of hydrogen-bond acceptors (Lipinski definition) is 5. The molecular weight excluding hydrogens is 692 g/mol. The number of carbonyl (C=O) groups is 1. The van der Waals surface area contributed by atoms with Crippen LogP contribution in [0.15, 0.2) is 114 Å². The van der Waals surface area contributed by atoms with Gasteiger partial charge in [-0.3, -0.25) is 0 Å². The number of unbranched alkanes of at least 4 members (excludes halogenated alkanes) is 1. The van der Waals surface area contributed by atoms with E-state index in [-0.39, 0.29) is 52.4 Å². The molecule has 1 N–H and O–H groups in total. The molecule has 2 heterocycles. The molecule has 9 heteroatoms. The van der Waals surface area contributed by atoms with Crippen LogP contribution in [0.25, 0.3) is 5.57 Å². The van der Waals surface area contributed by atoms with Gasteiger partial charge in [0, 0.05) is 53.2 Å². The van der Waals surface area contributed by atoms with Gasteiger partial charge < -0.3 is 14.6 Å². The molecule has 0 amide bonds. The predicted octanol–water partition coefficient (Wildman–Crippen LogP) is 6.30. The monoisotopic (exact) mass is 741 g/mol. The number of fused-ring (bicyclic) bond motifs is 2. The minimum absolute atomic E-state index is 0. The molecule has 0 saturated heterocycles. The SMILES string of the molecule is CCCCN1C(=CC=C2CCCC(C=CC3=[N+](CCCS(=O)(=O)[O-])c4ccccc4C3(C)C)=C2c2ccc(C(=O)O)cc2)C(C)(C)c2ccccc21.[Na+]. The molecule has 0 atom stereocenters. The molecule has 1 aliphatic carbocycles. The number of nitrogens with zero attached hydrogens (tertiary/aromatic N) is 2. The largest absolute Gasteiger partial charge is 1.00 e. The van der Waals surface area contributed by atoms with Crippen LogP contribution in [-0.2, 0) is 20.9 Å². The summed E-state index contributed by atoms with van der Waals surface area (Å²) < 4.78 is 36.7. The van der Waals surface area contributed by atoms with Gasteiger partial charge in [0.15, 0.2) is 5.71 Å². The number of anilines is 1. The van der Waals surface area contributed by atoms with Gasteiger partial charge in [0.25, 0.3) is 0 Å². The van der Waals surface area contributed by atoms with Gasteiger partial charge in [0.1, 0.15) is 6.54 Å². The summed E-state index contributed by atoms with van der Waals surface area (Å²) in [5.41, 5.74) is 11.3. The number of hydrogen-bond donors (Lipinski definition) is 1. The molecule has 3 aromatic rings.